The fraction of sp³-hybridized carbons (Fsp3) is 0.630. The SMILES string of the molecule is CC/C=C\C/C=C\C/C=C\C/C=C\CCCCCCC(=O)OC(COC(=O)CCCCCCCCC/C=C\C/C=C\C/C=C\CC)COP(=O)(O)OCC(N)C(=O)O. The van der Waals surface area contributed by atoms with E-state index >= 15 is 0 Å². The molecule has 0 aromatic carbocycles. The summed E-state index contributed by atoms with van der Waals surface area (Å²) in [6.45, 7) is 2.53. The van der Waals surface area contributed by atoms with Gasteiger partial charge in [0, 0.05) is 12.8 Å². The van der Waals surface area contributed by atoms with Gasteiger partial charge in [-0.25, -0.2) is 4.57 Å². The molecule has 0 radical (unpaired) electrons. The van der Waals surface area contributed by atoms with E-state index in [-0.39, 0.29) is 19.4 Å². The quantitative estimate of drug-likeness (QED) is 0.0233. The molecule has 0 aliphatic heterocycles. The number of aliphatic carboxylic acids is 1. The van der Waals surface area contributed by atoms with Crippen LogP contribution in [-0.4, -0.2) is 59.9 Å². The number of carboxylic acids is 1. The maximum Gasteiger partial charge on any atom is 0.472 e. The maximum absolute atomic E-state index is 12.6. The summed E-state index contributed by atoms with van der Waals surface area (Å²) in [6.07, 6.45) is 49.3. The first-order valence-electron chi connectivity index (χ1n) is 21.6. The highest BCUT2D eigenvalue weighted by Gasteiger charge is 2.28. The number of hydrogen-bond donors (Lipinski definition) is 3. The standard InChI is InChI=1S/C46H76NO10P/c1-3-5-7-9-11-13-15-17-19-21-23-25-27-29-31-33-35-37-44(48)54-39-42(40-55-58(52,53)56-41-43(47)46(50)51)57-45(49)38-36-34-32-30-28-26-24-22-20-18-16-14-12-10-8-6-4-2/h5-8,11-14,17-20,24,26,42-43H,3-4,9-10,15-16,21-23,25,27-41,47H2,1-2H3,(H,50,51)(H,52,53)/b7-5-,8-6-,13-11-,14-12-,19-17-,20-18-,26-24-. The van der Waals surface area contributed by atoms with Crippen LogP contribution >= 0.6 is 7.82 Å². The number of phosphoric acid groups is 1. The van der Waals surface area contributed by atoms with Crippen LogP contribution in [0.15, 0.2) is 85.1 Å². The molecule has 4 N–H and O–H groups in total. The molecule has 0 aliphatic rings. The van der Waals surface area contributed by atoms with E-state index in [0.29, 0.717) is 12.8 Å². The van der Waals surface area contributed by atoms with Gasteiger partial charge in [-0.1, -0.05) is 144 Å². The minimum Gasteiger partial charge on any atom is -0.480 e. The van der Waals surface area contributed by atoms with Crippen LogP contribution in [0.2, 0.25) is 0 Å². The van der Waals surface area contributed by atoms with Gasteiger partial charge in [0.25, 0.3) is 0 Å². The number of carbonyl (C=O) groups is 3. The summed E-state index contributed by atoms with van der Waals surface area (Å²) in [4.78, 5) is 46.0. The van der Waals surface area contributed by atoms with Gasteiger partial charge in [-0.3, -0.25) is 23.4 Å². The van der Waals surface area contributed by atoms with Gasteiger partial charge >= 0.3 is 25.7 Å². The highest BCUT2D eigenvalue weighted by molar-refractivity contribution is 7.47. The topological polar surface area (TPSA) is 172 Å². The Hall–Kier alpha value is -3.34. The zero-order valence-corrected chi connectivity index (χ0v) is 36.5. The van der Waals surface area contributed by atoms with Gasteiger partial charge in [0.05, 0.1) is 13.2 Å². The van der Waals surface area contributed by atoms with Gasteiger partial charge in [0.1, 0.15) is 12.6 Å². The molecular weight excluding hydrogens is 757 g/mol. The van der Waals surface area contributed by atoms with E-state index in [4.69, 9.17) is 24.8 Å². The number of esters is 2. The molecular formula is C46H76NO10P. The van der Waals surface area contributed by atoms with Crippen molar-refractivity contribution >= 4 is 25.7 Å². The van der Waals surface area contributed by atoms with Crippen LogP contribution < -0.4 is 5.73 Å². The summed E-state index contributed by atoms with van der Waals surface area (Å²) >= 11 is 0. The monoisotopic (exact) mass is 834 g/mol. The number of rotatable bonds is 39. The lowest BCUT2D eigenvalue weighted by Gasteiger charge is -2.20. The summed E-state index contributed by atoms with van der Waals surface area (Å²) < 4.78 is 32.7. The summed E-state index contributed by atoms with van der Waals surface area (Å²) in [7, 11) is -4.73. The second-order valence-corrected chi connectivity index (χ2v) is 15.5. The molecule has 0 heterocycles. The predicted octanol–water partition coefficient (Wildman–Crippen LogP) is 11.5. The molecule has 330 valence electrons. The van der Waals surface area contributed by atoms with Crippen molar-refractivity contribution in [3.63, 3.8) is 0 Å². The Labute approximate surface area is 350 Å². The molecule has 0 saturated carbocycles. The molecule has 0 aliphatic carbocycles. The van der Waals surface area contributed by atoms with Crippen LogP contribution in [0.3, 0.4) is 0 Å². The number of carboxylic acid groups (broad SMARTS) is 1. The van der Waals surface area contributed by atoms with Crippen LogP contribution in [0.5, 0.6) is 0 Å². The summed E-state index contributed by atoms with van der Waals surface area (Å²) in [5.41, 5.74) is 5.33. The van der Waals surface area contributed by atoms with E-state index in [1.54, 1.807) is 0 Å². The van der Waals surface area contributed by atoms with E-state index in [1.165, 1.54) is 12.8 Å². The second-order valence-electron chi connectivity index (χ2n) is 14.1. The lowest BCUT2D eigenvalue weighted by atomic mass is 10.1. The molecule has 58 heavy (non-hydrogen) atoms. The minimum atomic E-state index is -4.73. The van der Waals surface area contributed by atoms with Crippen molar-refractivity contribution in [3.8, 4) is 0 Å². The first-order chi connectivity index (χ1) is 28.1. The van der Waals surface area contributed by atoms with Gasteiger partial charge in [0.2, 0.25) is 0 Å². The third kappa shape index (κ3) is 39.5. The van der Waals surface area contributed by atoms with Gasteiger partial charge in [0.15, 0.2) is 6.10 Å². The Morgan fingerprint density at radius 3 is 1.36 bits per heavy atom. The van der Waals surface area contributed by atoms with E-state index in [9.17, 15) is 23.8 Å². The van der Waals surface area contributed by atoms with Crippen LogP contribution in [0, 0.1) is 0 Å². The molecule has 0 spiro atoms. The van der Waals surface area contributed by atoms with Crippen molar-refractivity contribution in [2.75, 3.05) is 19.8 Å². The molecule has 0 rings (SSSR count). The molecule has 12 heteroatoms. The van der Waals surface area contributed by atoms with Crippen molar-refractivity contribution in [1.82, 2.24) is 0 Å². The number of ether oxygens (including phenoxy) is 2. The van der Waals surface area contributed by atoms with E-state index < -0.39 is 51.1 Å². The zero-order valence-electron chi connectivity index (χ0n) is 35.6. The van der Waals surface area contributed by atoms with Crippen LogP contribution in [0.1, 0.15) is 155 Å². The molecule has 3 unspecified atom stereocenters. The summed E-state index contributed by atoms with van der Waals surface area (Å²) in [5.74, 6) is -2.43. The van der Waals surface area contributed by atoms with Gasteiger partial charge < -0.3 is 25.2 Å². The zero-order chi connectivity index (χ0) is 42.8. The first-order valence-corrected chi connectivity index (χ1v) is 23.1. The third-order valence-corrected chi connectivity index (χ3v) is 9.59. The fourth-order valence-corrected chi connectivity index (χ4v) is 6.08. The lowest BCUT2D eigenvalue weighted by Crippen LogP contribution is -2.34. The molecule has 0 aromatic heterocycles. The number of unbranched alkanes of at least 4 members (excludes halogenated alkanes) is 11. The Balaban J connectivity index is 4.44. The number of allylic oxidation sites excluding steroid dienone is 14. The first kappa shape index (κ1) is 54.7. The molecule has 3 atom stereocenters. The summed E-state index contributed by atoms with van der Waals surface area (Å²) in [5, 5.41) is 8.89. The van der Waals surface area contributed by atoms with Gasteiger partial charge in [-0.2, -0.15) is 0 Å². The third-order valence-electron chi connectivity index (χ3n) is 8.64. The number of hydrogen-bond acceptors (Lipinski definition) is 9. The Bertz CT molecular complexity index is 1300. The van der Waals surface area contributed by atoms with Crippen LogP contribution in [0.25, 0.3) is 0 Å². The smallest absolute Gasteiger partial charge is 0.472 e. The molecule has 0 saturated heterocycles. The van der Waals surface area contributed by atoms with Crippen molar-refractivity contribution in [2.24, 2.45) is 5.73 Å². The second kappa shape index (κ2) is 40.4. The molecule has 0 aromatic rings. The average Bonchev–Trinajstić information content (AvgIpc) is 3.20. The normalized spacial score (nSPS) is 14.6. The predicted molar refractivity (Wildman–Crippen MR) is 235 cm³/mol. The minimum absolute atomic E-state index is 0.126. The van der Waals surface area contributed by atoms with Crippen molar-refractivity contribution in [1.29, 1.82) is 0 Å². The molecule has 0 fully saturated rings. The summed E-state index contributed by atoms with van der Waals surface area (Å²) in [6, 6.07) is -1.53. The van der Waals surface area contributed by atoms with Crippen molar-refractivity contribution < 1.29 is 47.5 Å². The number of carbonyl (C=O) groups excluding carboxylic acids is 2. The number of phosphoric ester groups is 1. The van der Waals surface area contributed by atoms with Crippen LogP contribution in [0.4, 0.5) is 0 Å². The fourth-order valence-electron chi connectivity index (χ4n) is 5.30. The highest BCUT2D eigenvalue weighted by Crippen LogP contribution is 2.43. The Kier molecular flexibility index (Phi) is 38.1. The van der Waals surface area contributed by atoms with Crippen molar-refractivity contribution in [3.05, 3.63) is 85.1 Å². The Morgan fingerprint density at radius 1 is 0.534 bits per heavy atom. The van der Waals surface area contributed by atoms with Crippen LogP contribution in [-0.2, 0) is 37.5 Å². The maximum atomic E-state index is 12.6. The molecule has 11 nitrogen and oxygen atoms in total. The largest absolute Gasteiger partial charge is 0.480 e. The Morgan fingerprint density at radius 2 is 0.914 bits per heavy atom. The van der Waals surface area contributed by atoms with Gasteiger partial charge in [-0.05, 0) is 83.5 Å². The van der Waals surface area contributed by atoms with E-state index in [0.717, 1.165) is 103 Å². The highest BCUT2D eigenvalue weighted by atomic mass is 31.2. The van der Waals surface area contributed by atoms with E-state index in [2.05, 4.69) is 103 Å². The van der Waals surface area contributed by atoms with Crippen molar-refractivity contribution in [2.45, 2.75) is 167 Å². The lowest BCUT2D eigenvalue weighted by molar-refractivity contribution is -0.161. The molecule has 0 bridgehead atoms. The number of nitrogens with two attached hydrogens (primary N) is 1. The molecule has 0 amide bonds. The van der Waals surface area contributed by atoms with E-state index in [1.807, 2.05) is 0 Å². The van der Waals surface area contributed by atoms with Gasteiger partial charge in [-0.15, -0.1) is 0 Å². The average molecular weight is 834 g/mol.